The summed E-state index contributed by atoms with van der Waals surface area (Å²) in [7, 11) is 3.45. The monoisotopic (exact) mass is 485 g/mol. The minimum Gasteiger partial charge on any atom is -0.496 e. The third kappa shape index (κ3) is 7.01. The first-order chi connectivity index (χ1) is 12.5. The summed E-state index contributed by atoms with van der Waals surface area (Å²) in [5.41, 5.74) is 3.27. The smallest absolute Gasteiger partial charge is 0.191 e. The number of hydrogen-bond acceptors (Lipinski definition) is 2. The van der Waals surface area contributed by atoms with Gasteiger partial charge in [0.15, 0.2) is 5.96 Å². The van der Waals surface area contributed by atoms with Crippen molar-refractivity contribution in [3.05, 3.63) is 65.0 Å². The quantitative estimate of drug-likeness (QED) is 0.350. The molecule has 0 spiro atoms. The van der Waals surface area contributed by atoms with Gasteiger partial charge in [-0.25, -0.2) is 4.39 Å². The molecule has 0 saturated carbocycles. The van der Waals surface area contributed by atoms with E-state index in [2.05, 4.69) is 28.6 Å². The number of nitrogens with one attached hydrogen (secondary N) is 2. The van der Waals surface area contributed by atoms with E-state index >= 15 is 0 Å². The molecule has 2 rings (SSSR count). The van der Waals surface area contributed by atoms with E-state index in [0.29, 0.717) is 0 Å². The molecule has 1 unspecified atom stereocenters. The van der Waals surface area contributed by atoms with E-state index in [1.54, 1.807) is 20.2 Å². The molecule has 0 aliphatic heterocycles. The average molecular weight is 485 g/mol. The molecule has 0 aliphatic rings. The molecule has 2 aromatic rings. The summed E-state index contributed by atoms with van der Waals surface area (Å²) < 4.78 is 18.6. The van der Waals surface area contributed by atoms with Gasteiger partial charge in [0.25, 0.3) is 0 Å². The van der Waals surface area contributed by atoms with Crippen LogP contribution in [-0.4, -0.2) is 33.2 Å². The SMILES string of the molecule is CN=C(NCCc1ccc(F)cc1C)NCC(C)c1ccccc1OC.I. The summed E-state index contributed by atoms with van der Waals surface area (Å²) in [5.74, 6) is 1.74. The number of para-hydroxylation sites is 1. The molecule has 0 heterocycles. The average Bonchev–Trinajstić information content (AvgIpc) is 2.65. The number of methoxy groups -OCH3 is 1. The molecule has 0 saturated heterocycles. The Morgan fingerprint density at radius 1 is 1.19 bits per heavy atom. The molecule has 0 amide bonds. The zero-order valence-electron chi connectivity index (χ0n) is 16.4. The second-order valence-corrected chi connectivity index (χ2v) is 6.34. The van der Waals surface area contributed by atoms with Gasteiger partial charge in [0.1, 0.15) is 11.6 Å². The normalized spacial score (nSPS) is 12.1. The molecular formula is C21H29FIN3O. The molecule has 4 nitrogen and oxygen atoms in total. The van der Waals surface area contributed by atoms with Crippen LogP contribution in [0.1, 0.15) is 29.5 Å². The first-order valence-corrected chi connectivity index (χ1v) is 8.87. The lowest BCUT2D eigenvalue weighted by Crippen LogP contribution is -2.40. The first kappa shape index (κ1) is 23.2. The summed E-state index contributed by atoms with van der Waals surface area (Å²) in [5, 5.41) is 6.66. The number of benzene rings is 2. The van der Waals surface area contributed by atoms with Crippen LogP contribution in [0.3, 0.4) is 0 Å². The second-order valence-electron chi connectivity index (χ2n) is 6.34. The van der Waals surface area contributed by atoms with Crippen LogP contribution in [0.25, 0.3) is 0 Å². The predicted molar refractivity (Wildman–Crippen MR) is 121 cm³/mol. The summed E-state index contributed by atoms with van der Waals surface area (Å²) in [6, 6.07) is 13.0. The highest BCUT2D eigenvalue weighted by Gasteiger charge is 2.11. The standard InChI is InChI=1S/C21H28FN3O.HI/c1-15-13-18(22)10-9-17(15)11-12-24-21(23-3)25-14-16(2)19-7-5-6-8-20(19)26-4;/h5-10,13,16H,11-12,14H2,1-4H3,(H2,23,24,25);1H. The lowest BCUT2D eigenvalue weighted by Gasteiger charge is -2.18. The van der Waals surface area contributed by atoms with E-state index in [-0.39, 0.29) is 35.7 Å². The lowest BCUT2D eigenvalue weighted by molar-refractivity contribution is 0.406. The Morgan fingerprint density at radius 3 is 2.59 bits per heavy atom. The van der Waals surface area contributed by atoms with E-state index in [0.717, 1.165) is 42.3 Å². The molecule has 6 heteroatoms. The number of aliphatic imine (C=N–C) groups is 1. The van der Waals surface area contributed by atoms with Crippen molar-refractivity contribution < 1.29 is 9.13 Å². The number of aryl methyl sites for hydroxylation is 1. The van der Waals surface area contributed by atoms with Gasteiger partial charge in [0.05, 0.1) is 7.11 Å². The van der Waals surface area contributed by atoms with Crippen LogP contribution in [0.15, 0.2) is 47.5 Å². The minimum absolute atomic E-state index is 0. The Hall–Kier alpha value is -1.83. The Balaban J connectivity index is 0.00000364. The van der Waals surface area contributed by atoms with Crippen LogP contribution < -0.4 is 15.4 Å². The number of nitrogens with zero attached hydrogens (tertiary/aromatic N) is 1. The highest BCUT2D eigenvalue weighted by Crippen LogP contribution is 2.25. The van der Waals surface area contributed by atoms with E-state index in [4.69, 9.17) is 4.74 Å². The van der Waals surface area contributed by atoms with Crippen molar-refractivity contribution in [3.8, 4) is 5.75 Å². The Kier molecular flexibility index (Phi) is 10.1. The summed E-state index contributed by atoms with van der Waals surface area (Å²) >= 11 is 0. The highest BCUT2D eigenvalue weighted by atomic mass is 127. The summed E-state index contributed by atoms with van der Waals surface area (Å²) in [6.07, 6.45) is 0.814. The first-order valence-electron chi connectivity index (χ1n) is 8.87. The van der Waals surface area contributed by atoms with Crippen molar-refractivity contribution in [1.82, 2.24) is 10.6 Å². The third-order valence-corrected chi connectivity index (χ3v) is 4.46. The van der Waals surface area contributed by atoms with E-state index in [1.807, 2.05) is 31.2 Å². The van der Waals surface area contributed by atoms with Crippen LogP contribution in [-0.2, 0) is 6.42 Å². The van der Waals surface area contributed by atoms with Crippen molar-refractivity contribution in [2.24, 2.45) is 4.99 Å². The Morgan fingerprint density at radius 2 is 1.93 bits per heavy atom. The Labute approximate surface area is 178 Å². The van der Waals surface area contributed by atoms with Gasteiger partial charge >= 0.3 is 0 Å². The van der Waals surface area contributed by atoms with Gasteiger partial charge in [0, 0.05) is 26.1 Å². The largest absolute Gasteiger partial charge is 0.496 e. The van der Waals surface area contributed by atoms with Gasteiger partial charge in [0.2, 0.25) is 0 Å². The van der Waals surface area contributed by atoms with Crippen LogP contribution in [0, 0.1) is 12.7 Å². The number of halogens is 2. The number of rotatable bonds is 7. The van der Waals surface area contributed by atoms with Crippen molar-refractivity contribution in [3.63, 3.8) is 0 Å². The van der Waals surface area contributed by atoms with Gasteiger partial charge in [-0.3, -0.25) is 4.99 Å². The zero-order chi connectivity index (χ0) is 18.9. The molecule has 2 N–H and O–H groups in total. The second kappa shape index (κ2) is 11.8. The lowest BCUT2D eigenvalue weighted by atomic mass is 10.0. The van der Waals surface area contributed by atoms with Gasteiger partial charge < -0.3 is 15.4 Å². The molecule has 0 aliphatic carbocycles. The number of guanidine groups is 1. The van der Waals surface area contributed by atoms with Crippen molar-refractivity contribution >= 4 is 29.9 Å². The fourth-order valence-electron chi connectivity index (χ4n) is 2.91. The molecule has 2 aromatic carbocycles. The fraction of sp³-hybridized carbons (Fsp3) is 0.381. The minimum atomic E-state index is -0.193. The van der Waals surface area contributed by atoms with Crippen LogP contribution in [0.4, 0.5) is 4.39 Å². The molecule has 1 atom stereocenters. The Bertz CT molecular complexity index is 752. The summed E-state index contributed by atoms with van der Waals surface area (Å²) in [6.45, 7) is 5.56. The molecule has 27 heavy (non-hydrogen) atoms. The van der Waals surface area contributed by atoms with Crippen molar-refractivity contribution in [2.45, 2.75) is 26.2 Å². The number of hydrogen-bond donors (Lipinski definition) is 2. The molecule has 148 valence electrons. The van der Waals surface area contributed by atoms with E-state index in [1.165, 1.54) is 11.6 Å². The molecular weight excluding hydrogens is 456 g/mol. The molecule has 0 bridgehead atoms. The maximum Gasteiger partial charge on any atom is 0.191 e. The zero-order valence-corrected chi connectivity index (χ0v) is 18.7. The van der Waals surface area contributed by atoms with Crippen LogP contribution in [0.5, 0.6) is 5.75 Å². The van der Waals surface area contributed by atoms with E-state index < -0.39 is 0 Å². The van der Waals surface area contributed by atoms with Gasteiger partial charge in [-0.1, -0.05) is 31.2 Å². The van der Waals surface area contributed by atoms with Crippen LogP contribution in [0.2, 0.25) is 0 Å². The van der Waals surface area contributed by atoms with Gasteiger partial charge in [-0.2, -0.15) is 0 Å². The summed E-state index contributed by atoms with van der Waals surface area (Å²) in [4.78, 5) is 4.27. The van der Waals surface area contributed by atoms with Gasteiger partial charge in [-0.15, -0.1) is 24.0 Å². The van der Waals surface area contributed by atoms with E-state index in [9.17, 15) is 4.39 Å². The fourth-order valence-corrected chi connectivity index (χ4v) is 2.91. The highest BCUT2D eigenvalue weighted by molar-refractivity contribution is 14.0. The third-order valence-electron chi connectivity index (χ3n) is 4.46. The maximum atomic E-state index is 13.2. The topological polar surface area (TPSA) is 45.7 Å². The van der Waals surface area contributed by atoms with Gasteiger partial charge in [-0.05, 0) is 48.2 Å². The molecule has 0 aromatic heterocycles. The van der Waals surface area contributed by atoms with Crippen molar-refractivity contribution in [1.29, 1.82) is 0 Å². The predicted octanol–water partition coefficient (Wildman–Crippen LogP) is 4.27. The maximum absolute atomic E-state index is 13.2. The number of ether oxygens (including phenoxy) is 1. The van der Waals surface area contributed by atoms with Crippen LogP contribution >= 0.6 is 24.0 Å². The molecule has 0 radical (unpaired) electrons. The molecule has 0 fully saturated rings. The van der Waals surface area contributed by atoms with Crippen molar-refractivity contribution in [2.75, 3.05) is 27.2 Å².